The average Bonchev–Trinajstić information content (AvgIpc) is 3.71. The molecular weight excluding hydrogens is 587 g/mol. The van der Waals surface area contributed by atoms with Crippen LogP contribution >= 0.6 is 0 Å². The van der Waals surface area contributed by atoms with E-state index >= 15 is 0 Å². The molecule has 4 heterocycles. The lowest BCUT2D eigenvalue weighted by Gasteiger charge is -2.33. The van der Waals surface area contributed by atoms with Crippen LogP contribution in [0.2, 0.25) is 0 Å². The maximum Gasteiger partial charge on any atom is 0.170 e. The second-order valence-corrected chi connectivity index (χ2v) is 12.5. The van der Waals surface area contributed by atoms with E-state index in [1.54, 1.807) is 38.3 Å². The Hall–Kier alpha value is -4.44. The highest BCUT2D eigenvalue weighted by Gasteiger charge is 2.28. The molecule has 10 heteroatoms. The second kappa shape index (κ2) is 13.1. The van der Waals surface area contributed by atoms with E-state index in [1.165, 1.54) is 12.1 Å². The van der Waals surface area contributed by atoms with Gasteiger partial charge >= 0.3 is 0 Å². The molecule has 0 radical (unpaired) electrons. The van der Waals surface area contributed by atoms with Gasteiger partial charge in [-0.05, 0) is 94.6 Å². The zero-order valence-corrected chi connectivity index (χ0v) is 26.3. The summed E-state index contributed by atoms with van der Waals surface area (Å²) in [6.07, 6.45) is 4.89. The summed E-state index contributed by atoms with van der Waals surface area (Å²) in [7, 11) is 1.59. The molecule has 0 saturated carbocycles. The van der Waals surface area contributed by atoms with Crippen LogP contribution in [0, 0.1) is 5.82 Å². The summed E-state index contributed by atoms with van der Waals surface area (Å²) in [5, 5.41) is 10.8. The van der Waals surface area contributed by atoms with Crippen molar-refractivity contribution < 1.29 is 27.7 Å². The van der Waals surface area contributed by atoms with Gasteiger partial charge in [0.25, 0.3) is 0 Å². The van der Waals surface area contributed by atoms with E-state index in [-0.39, 0.29) is 17.5 Å². The van der Waals surface area contributed by atoms with Crippen LogP contribution < -0.4 is 14.4 Å². The highest BCUT2D eigenvalue weighted by atomic mass is 19.1. The minimum atomic E-state index is -0.309. The molecule has 7 rings (SSSR count). The van der Waals surface area contributed by atoms with Crippen molar-refractivity contribution in [3.63, 3.8) is 0 Å². The van der Waals surface area contributed by atoms with Gasteiger partial charge in [0.05, 0.1) is 25.1 Å². The predicted octanol–water partition coefficient (Wildman–Crippen LogP) is 7.35. The van der Waals surface area contributed by atoms with Crippen LogP contribution in [0.1, 0.15) is 72.6 Å². The molecule has 3 aromatic carbocycles. The summed E-state index contributed by atoms with van der Waals surface area (Å²) in [6, 6.07) is 16.4. The van der Waals surface area contributed by atoms with Gasteiger partial charge in [-0.15, -0.1) is 0 Å². The molecule has 0 N–H and O–H groups in total. The number of hydrogen-bond donors (Lipinski definition) is 0. The number of likely N-dealkylation sites (tertiary alicyclic amines) is 1. The van der Waals surface area contributed by atoms with Crippen LogP contribution in [-0.2, 0) is 0 Å². The van der Waals surface area contributed by atoms with E-state index in [0.717, 1.165) is 98.3 Å². The number of fused-ring (bicyclic) bond motifs is 2. The van der Waals surface area contributed by atoms with E-state index in [4.69, 9.17) is 18.5 Å². The molecular formula is C36H39FN4O5. The zero-order chi connectivity index (χ0) is 31.6. The first-order chi connectivity index (χ1) is 22.5. The minimum absolute atomic E-state index is 0.00316. The fraction of sp³-hybridized carbons (Fsp3) is 0.417. The monoisotopic (exact) mass is 626 g/mol. The third kappa shape index (κ3) is 6.18. The largest absolute Gasteiger partial charge is 0.493 e. The number of benzene rings is 3. The number of Topliss-reactive ketones (excluding diaryl/α,β-unsaturated/α-hetero) is 1. The SMILES string of the molecule is COc1cc(C(C)=O)ccc1OCCCN1CCC(c2noc3cc(N4CCC(c5noc6cc(F)ccc56)CC4)ccc23)CC1. The van der Waals surface area contributed by atoms with E-state index in [0.29, 0.717) is 35.2 Å². The fourth-order valence-corrected chi connectivity index (χ4v) is 6.98. The number of carbonyl (C=O) groups excluding carboxylic acids is 1. The molecule has 240 valence electrons. The highest BCUT2D eigenvalue weighted by Crippen LogP contribution is 2.37. The van der Waals surface area contributed by atoms with E-state index in [1.807, 2.05) is 0 Å². The first-order valence-corrected chi connectivity index (χ1v) is 16.2. The Bertz CT molecular complexity index is 1840. The van der Waals surface area contributed by atoms with E-state index in [9.17, 15) is 9.18 Å². The Labute approximate surface area is 267 Å². The summed E-state index contributed by atoms with van der Waals surface area (Å²) in [6.45, 7) is 6.91. The minimum Gasteiger partial charge on any atom is -0.493 e. The molecule has 0 amide bonds. The van der Waals surface area contributed by atoms with E-state index in [2.05, 4.69) is 38.3 Å². The molecule has 0 aliphatic carbocycles. The van der Waals surface area contributed by atoms with Crippen molar-refractivity contribution in [1.29, 1.82) is 0 Å². The molecule has 2 aliphatic heterocycles. The van der Waals surface area contributed by atoms with E-state index < -0.39 is 0 Å². The first-order valence-electron chi connectivity index (χ1n) is 16.2. The maximum atomic E-state index is 13.6. The summed E-state index contributed by atoms with van der Waals surface area (Å²) in [5.41, 5.74) is 5.11. The van der Waals surface area contributed by atoms with Crippen LogP contribution in [-0.4, -0.2) is 67.4 Å². The van der Waals surface area contributed by atoms with Crippen LogP contribution in [0.15, 0.2) is 63.6 Å². The van der Waals surface area contributed by atoms with Crippen molar-refractivity contribution in [2.45, 2.75) is 50.9 Å². The van der Waals surface area contributed by atoms with Crippen molar-refractivity contribution in [2.75, 3.05) is 51.3 Å². The van der Waals surface area contributed by atoms with Crippen LogP contribution in [0.4, 0.5) is 10.1 Å². The van der Waals surface area contributed by atoms with Crippen LogP contribution in [0.3, 0.4) is 0 Å². The van der Waals surface area contributed by atoms with Gasteiger partial charge in [0.2, 0.25) is 0 Å². The number of rotatable bonds is 10. The van der Waals surface area contributed by atoms with Gasteiger partial charge < -0.3 is 28.3 Å². The topological polar surface area (TPSA) is 94.1 Å². The molecule has 0 bridgehead atoms. The van der Waals surface area contributed by atoms with Crippen molar-refractivity contribution in [3.8, 4) is 11.5 Å². The lowest BCUT2D eigenvalue weighted by atomic mass is 9.90. The number of ether oxygens (including phenoxy) is 2. The number of halogens is 1. The molecule has 0 spiro atoms. The van der Waals surface area contributed by atoms with Crippen molar-refractivity contribution >= 4 is 33.4 Å². The molecule has 2 saturated heterocycles. The lowest BCUT2D eigenvalue weighted by Crippen LogP contribution is -2.34. The molecule has 9 nitrogen and oxygen atoms in total. The number of anilines is 1. The first kappa shape index (κ1) is 30.2. The summed E-state index contributed by atoms with van der Waals surface area (Å²) >= 11 is 0. The number of aromatic nitrogens is 2. The number of hydrogen-bond acceptors (Lipinski definition) is 9. The Morgan fingerprint density at radius 1 is 0.848 bits per heavy atom. The summed E-state index contributed by atoms with van der Waals surface area (Å²) in [5.74, 6) is 1.61. The Morgan fingerprint density at radius 3 is 2.17 bits per heavy atom. The van der Waals surface area contributed by atoms with Gasteiger partial charge in [0.1, 0.15) is 5.82 Å². The Balaban J connectivity index is 0.896. The quantitative estimate of drug-likeness (QED) is 0.116. The average molecular weight is 627 g/mol. The molecule has 0 unspecified atom stereocenters. The van der Waals surface area contributed by atoms with Gasteiger partial charge in [0.15, 0.2) is 28.4 Å². The van der Waals surface area contributed by atoms with Crippen molar-refractivity contribution in [1.82, 2.24) is 15.2 Å². The second-order valence-electron chi connectivity index (χ2n) is 12.5. The van der Waals surface area contributed by atoms with Gasteiger partial charge in [-0.25, -0.2) is 4.39 Å². The van der Waals surface area contributed by atoms with Gasteiger partial charge in [-0.1, -0.05) is 10.3 Å². The fourth-order valence-electron chi connectivity index (χ4n) is 6.98. The summed E-state index contributed by atoms with van der Waals surface area (Å²) in [4.78, 5) is 16.5. The van der Waals surface area contributed by atoms with Gasteiger partial charge in [-0.2, -0.15) is 0 Å². The maximum absolute atomic E-state index is 13.6. The predicted molar refractivity (Wildman–Crippen MR) is 174 cm³/mol. The molecule has 2 aromatic heterocycles. The lowest BCUT2D eigenvalue weighted by molar-refractivity contribution is 0.101. The van der Waals surface area contributed by atoms with Crippen molar-refractivity contribution in [3.05, 3.63) is 77.4 Å². The Kier molecular flexibility index (Phi) is 8.62. The molecule has 2 aliphatic rings. The number of carbonyl (C=O) groups is 1. The number of ketones is 1. The molecule has 5 aromatic rings. The van der Waals surface area contributed by atoms with Crippen LogP contribution in [0.5, 0.6) is 11.5 Å². The van der Waals surface area contributed by atoms with Crippen molar-refractivity contribution in [2.24, 2.45) is 0 Å². The Morgan fingerprint density at radius 2 is 1.50 bits per heavy atom. The highest BCUT2D eigenvalue weighted by molar-refractivity contribution is 5.94. The zero-order valence-electron chi connectivity index (χ0n) is 26.3. The van der Waals surface area contributed by atoms with Crippen LogP contribution in [0.25, 0.3) is 21.9 Å². The van der Waals surface area contributed by atoms with Gasteiger partial charge in [0, 0.05) is 65.6 Å². The standard InChI is InChI=1S/C36H39FN4O5/c1-23(42)26-4-9-31(34(20-26)43-2)44-19-3-14-40-15-10-24(11-16-40)35-30-8-6-28(22-33(30)46-39-35)41-17-12-25(13-18-41)36-29-7-5-27(37)21-32(29)45-38-36/h4-9,20-22,24-25H,3,10-19H2,1-2H3. The third-order valence-electron chi connectivity index (χ3n) is 9.61. The third-order valence-corrected chi connectivity index (χ3v) is 9.61. The summed E-state index contributed by atoms with van der Waals surface area (Å²) < 4.78 is 36.2. The number of methoxy groups -OCH3 is 1. The molecule has 0 atom stereocenters. The molecule has 2 fully saturated rings. The molecule has 46 heavy (non-hydrogen) atoms. The normalized spacial score (nSPS) is 16.8. The number of piperidine rings is 2. The van der Waals surface area contributed by atoms with Gasteiger partial charge in [-0.3, -0.25) is 4.79 Å². The smallest absolute Gasteiger partial charge is 0.170 e. The number of nitrogens with zero attached hydrogens (tertiary/aromatic N) is 4.